The van der Waals surface area contributed by atoms with E-state index in [-0.39, 0.29) is 25.7 Å². The highest BCUT2D eigenvalue weighted by Gasteiger charge is 2.39. The van der Waals surface area contributed by atoms with Crippen molar-refractivity contribution < 1.29 is 58.2 Å². The molecular formula is C36H54N10O12. The Morgan fingerprint density at radius 3 is 1.74 bits per heavy atom. The lowest BCUT2D eigenvalue weighted by Gasteiger charge is -2.38. The predicted molar refractivity (Wildman–Crippen MR) is 203 cm³/mol. The molecule has 3 unspecified atom stereocenters. The average molecular weight is 819 g/mol. The lowest BCUT2D eigenvalue weighted by atomic mass is 10.0. The molecule has 0 saturated carbocycles. The first kappa shape index (κ1) is 48.0. The summed E-state index contributed by atoms with van der Waals surface area (Å²) >= 11 is 0. The first-order valence-electron chi connectivity index (χ1n) is 18.4. The van der Waals surface area contributed by atoms with E-state index in [1.54, 1.807) is 0 Å². The van der Waals surface area contributed by atoms with Crippen LogP contribution in [0.3, 0.4) is 0 Å². The molecular weight excluding hydrogens is 764 g/mol. The number of hydrogen-bond donors (Lipinski definition) is 8. The van der Waals surface area contributed by atoms with Crippen LogP contribution in [0.4, 0.5) is 0 Å². The van der Waals surface area contributed by atoms with Gasteiger partial charge in [-0.2, -0.15) is 0 Å². The third kappa shape index (κ3) is 15.4. The van der Waals surface area contributed by atoms with Crippen LogP contribution in [-0.2, 0) is 54.4 Å². The molecule has 3 atom stereocenters. The Kier molecular flexibility index (Phi) is 20.2. The number of benzene rings is 1. The molecule has 1 aromatic rings. The predicted octanol–water partition coefficient (Wildman–Crippen LogP) is -5.62. The second-order valence-corrected chi connectivity index (χ2v) is 13.3. The summed E-state index contributed by atoms with van der Waals surface area (Å²) in [7, 11) is 5.13. The van der Waals surface area contributed by atoms with Crippen molar-refractivity contribution in [3.8, 4) is 0 Å². The Balaban J connectivity index is 2.27. The Bertz CT molecular complexity index is 1650. The molecule has 22 nitrogen and oxygen atoms in total. The summed E-state index contributed by atoms with van der Waals surface area (Å²) < 4.78 is 0. The van der Waals surface area contributed by atoms with E-state index < -0.39 is 130 Å². The van der Waals surface area contributed by atoms with Gasteiger partial charge in [-0.15, -0.1) is 0 Å². The van der Waals surface area contributed by atoms with Gasteiger partial charge in [0, 0.05) is 41.0 Å². The van der Waals surface area contributed by atoms with Crippen molar-refractivity contribution in [2.24, 2.45) is 0 Å². The number of carbonyl (C=O) groups is 10. The number of rotatable bonds is 6. The second-order valence-electron chi connectivity index (χ2n) is 13.3. The topological polar surface area (TPSA) is 296 Å². The van der Waals surface area contributed by atoms with Crippen LogP contribution in [0.15, 0.2) is 30.3 Å². The molecule has 2 rings (SSSR count). The van der Waals surface area contributed by atoms with Gasteiger partial charge in [0.15, 0.2) is 0 Å². The summed E-state index contributed by atoms with van der Waals surface area (Å²) in [5.74, 6) is -7.40. The van der Waals surface area contributed by atoms with Crippen LogP contribution in [0.25, 0.3) is 0 Å². The largest absolute Gasteiger partial charge is 0.394 e. The zero-order valence-electron chi connectivity index (χ0n) is 33.1. The van der Waals surface area contributed by atoms with Crippen LogP contribution in [-0.4, -0.2) is 188 Å². The number of likely N-dealkylation sites (N-methyl/N-ethyl adjacent to an activating group) is 4. The zero-order valence-corrected chi connectivity index (χ0v) is 33.1. The molecule has 1 heterocycles. The number of amides is 10. The van der Waals surface area contributed by atoms with E-state index in [1.807, 2.05) is 30.3 Å². The van der Waals surface area contributed by atoms with Crippen LogP contribution < -0.4 is 31.9 Å². The standard InChI is InChI=1S/C36H54N10O12/c1-37-35(57)34-25(21-47)46(22-48)31(54)12-8-11-26(49)38-15-28(51)41-18-32(55)44(3)24(14-13-23-9-6-5-7-10-23)36(58)43(2)20-30(53)40-17-27(50)39-16-29(52)42-19-33(56)45(34)4/h5-7,9-10,24-25,34,47-48H,8,11-22H2,1-4H3,(H,37,57)(H,38,49)(H,39,50)(H,40,53)(H,41,51)(H,42,52). The Labute approximate surface area is 335 Å². The van der Waals surface area contributed by atoms with E-state index in [0.29, 0.717) is 6.42 Å². The number of nitrogens with one attached hydrogen (secondary N) is 6. The maximum absolute atomic E-state index is 13.6. The highest BCUT2D eigenvalue weighted by molar-refractivity contribution is 5.94. The van der Waals surface area contributed by atoms with Gasteiger partial charge in [0.2, 0.25) is 59.1 Å². The van der Waals surface area contributed by atoms with E-state index in [9.17, 15) is 58.2 Å². The van der Waals surface area contributed by atoms with Crippen LogP contribution in [0, 0.1) is 0 Å². The maximum atomic E-state index is 13.6. The number of aliphatic hydroxyl groups excluding tert-OH is 2. The summed E-state index contributed by atoms with van der Waals surface area (Å²) in [5, 5.41) is 34.2. The average Bonchev–Trinajstić information content (AvgIpc) is 3.21. The van der Waals surface area contributed by atoms with Crippen molar-refractivity contribution >= 4 is 59.1 Å². The van der Waals surface area contributed by atoms with Gasteiger partial charge < -0.3 is 61.7 Å². The smallest absolute Gasteiger partial charge is 0.245 e. The number of carbonyl (C=O) groups excluding carboxylic acids is 10. The minimum atomic E-state index is -1.55. The summed E-state index contributed by atoms with van der Waals surface area (Å²) in [6.45, 7) is -5.30. The minimum Gasteiger partial charge on any atom is -0.394 e. The fourth-order valence-electron chi connectivity index (χ4n) is 5.81. The monoisotopic (exact) mass is 818 g/mol. The third-order valence-corrected chi connectivity index (χ3v) is 9.21. The summed E-state index contributed by atoms with van der Waals surface area (Å²) in [6, 6.07) is 5.06. The van der Waals surface area contributed by atoms with Crippen molar-refractivity contribution in [1.29, 1.82) is 0 Å². The van der Waals surface area contributed by atoms with Gasteiger partial charge >= 0.3 is 0 Å². The molecule has 1 aromatic carbocycles. The third-order valence-electron chi connectivity index (χ3n) is 9.21. The van der Waals surface area contributed by atoms with Crippen molar-refractivity contribution in [3.05, 3.63) is 35.9 Å². The summed E-state index contributed by atoms with van der Waals surface area (Å²) in [4.78, 5) is 132. The van der Waals surface area contributed by atoms with Crippen molar-refractivity contribution in [2.75, 3.05) is 80.8 Å². The number of aliphatic hydroxyl groups is 2. The quantitative estimate of drug-likeness (QED) is 0.133. The van der Waals surface area contributed by atoms with Gasteiger partial charge in [0.05, 0.1) is 51.9 Å². The lowest BCUT2D eigenvalue weighted by Crippen LogP contribution is -2.62. The van der Waals surface area contributed by atoms with Gasteiger partial charge in [-0.3, -0.25) is 47.9 Å². The van der Waals surface area contributed by atoms with Crippen molar-refractivity contribution in [2.45, 2.75) is 50.2 Å². The second kappa shape index (κ2) is 24.5. The molecule has 320 valence electrons. The molecule has 8 N–H and O–H groups in total. The molecule has 0 radical (unpaired) electrons. The van der Waals surface area contributed by atoms with E-state index in [4.69, 9.17) is 0 Å². The van der Waals surface area contributed by atoms with E-state index >= 15 is 0 Å². The van der Waals surface area contributed by atoms with E-state index in [2.05, 4.69) is 31.9 Å². The molecule has 1 aliphatic rings. The van der Waals surface area contributed by atoms with Gasteiger partial charge in [-0.1, -0.05) is 30.3 Å². The van der Waals surface area contributed by atoms with E-state index in [1.165, 1.54) is 28.2 Å². The molecule has 0 aromatic heterocycles. The molecule has 0 bridgehead atoms. The molecule has 0 aliphatic carbocycles. The highest BCUT2D eigenvalue weighted by Crippen LogP contribution is 2.15. The maximum Gasteiger partial charge on any atom is 0.245 e. The molecule has 0 spiro atoms. The Morgan fingerprint density at radius 2 is 1.21 bits per heavy atom. The van der Waals surface area contributed by atoms with Crippen LogP contribution in [0.2, 0.25) is 0 Å². The van der Waals surface area contributed by atoms with Gasteiger partial charge in [0.1, 0.15) is 18.8 Å². The molecule has 22 heteroatoms. The van der Waals surface area contributed by atoms with Gasteiger partial charge in [0.25, 0.3) is 0 Å². The highest BCUT2D eigenvalue weighted by atomic mass is 16.3. The fraction of sp³-hybridized carbons (Fsp3) is 0.556. The summed E-state index contributed by atoms with van der Waals surface area (Å²) in [5.41, 5.74) is 0.881. The molecule has 58 heavy (non-hydrogen) atoms. The van der Waals surface area contributed by atoms with Crippen LogP contribution in [0.1, 0.15) is 31.2 Å². The van der Waals surface area contributed by atoms with Crippen molar-refractivity contribution in [3.63, 3.8) is 0 Å². The molecule has 1 aliphatic heterocycles. The Morgan fingerprint density at radius 1 is 0.690 bits per heavy atom. The van der Waals surface area contributed by atoms with E-state index in [0.717, 1.165) is 25.2 Å². The number of aryl methyl sites for hydroxylation is 1. The molecule has 1 saturated heterocycles. The number of hydrogen-bond acceptors (Lipinski definition) is 12. The summed E-state index contributed by atoms with van der Waals surface area (Å²) in [6.07, 6.45) is -0.144. The molecule has 10 amide bonds. The van der Waals surface area contributed by atoms with Crippen LogP contribution >= 0.6 is 0 Å². The lowest BCUT2D eigenvalue weighted by molar-refractivity contribution is -0.150. The van der Waals surface area contributed by atoms with Crippen molar-refractivity contribution in [1.82, 2.24) is 51.5 Å². The van der Waals surface area contributed by atoms with Gasteiger partial charge in [-0.05, 0) is 24.8 Å². The first-order valence-corrected chi connectivity index (χ1v) is 18.4. The normalized spacial score (nSPS) is 21.7. The van der Waals surface area contributed by atoms with Crippen LogP contribution in [0.5, 0.6) is 0 Å². The van der Waals surface area contributed by atoms with Gasteiger partial charge in [-0.25, -0.2) is 0 Å². The zero-order chi connectivity index (χ0) is 43.4. The Hall–Kier alpha value is -6.16. The first-order chi connectivity index (χ1) is 27.5. The minimum absolute atomic E-state index is 0.0826. The SMILES string of the molecule is CNC(=O)C1C(CO)N(CO)C(=O)CCCC(=O)NCC(=O)NCC(=O)N(C)C(CCc2ccccc2)C(=O)N(C)CC(=O)NCC(=O)NCC(=O)NCC(=O)N1C. The number of nitrogens with zero attached hydrogens (tertiary/aromatic N) is 4. The molecule has 1 fully saturated rings. The fourth-order valence-corrected chi connectivity index (χ4v) is 5.81.